The minimum absolute atomic E-state index is 0.399. The van der Waals surface area contributed by atoms with Crippen molar-refractivity contribution in [3.8, 4) is 5.75 Å². The highest BCUT2D eigenvalue weighted by atomic mass is 16.5. The molecule has 1 aromatic heterocycles. The SMILES string of the molecule is COC(=O)c1cccc(Nc2cnnc(NCCc3cccc(OC)c3)n2)c1. The largest absolute Gasteiger partial charge is 0.497 e. The summed E-state index contributed by atoms with van der Waals surface area (Å²) in [5.74, 6) is 1.36. The first kappa shape index (κ1) is 19.1. The van der Waals surface area contributed by atoms with E-state index in [1.807, 2.05) is 30.3 Å². The van der Waals surface area contributed by atoms with Crippen LogP contribution in [0.3, 0.4) is 0 Å². The highest BCUT2D eigenvalue weighted by Crippen LogP contribution is 2.17. The van der Waals surface area contributed by atoms with Crippen LogP contribution < -0.4 is 15.4 Å². The molecular weight excluding hydrogens is 358 g/mol. The highest BCUT2D eigenvalue weighted by molar-refractivity contribution is 5.90. The zero-order valence-corrected chi connectivity index (χ0v) is 15.7. The molecule has 0 bridgehead atoms. The fraction of sp³-hybridized carbons (Fsp3) is 0.200. The van der Waals surface area contributed by atoms with E-state index in [2.05, 4.69) is 25.8 Å². The molecule has 28 heavy (non-hydrogen) atoms. The lowest BCUT2D eigenvalue weighted by Crippen LogP contribution is -2.10. The lowest BCUT2D eigenvalue weighted by atomic mass is 10.1. The lowest BCUT2D eigenvalue weighted by Gasteiger charge is -2.09. The Morgan fingerprint density at radius 3 is 2.79 bits per heavy atom. The van der Waals surface area contributed by atoms with Crippen molar-refractivity contribution in [2.45, 2.75) is 6.42 Å². The van der Waals surface area contributed by atoms with Gasteiger partial charge in [-0.25, -0.2) is 4.79 Å². The summed E-state index contributed by atoms with van der Waals surface area (Å²) in [7, 11) is 3.00. The van der Waals surface area contributed by atoms with Gasteiger partial charge in [0.15, 0.2) is 5.82 Å². The van der Waals surface area contributed by atoms with E-state index in [9.17, 15) is 4.79 Å². The molecule has 8 heteroatoms. The van der Waals surface area contributed by atoms with Gasteiger partial charge in [0.2, 0.25) is 5.95 Å². The molecule has 2 N–H and O–H groups in total. The number of methoxy groups -OCH3 is 2. The van der Waals surface area contributed by atoms with Crippen LogP contribution in [0.2, 0.25) is 0 Å². The van der Waals surface area contributed by atoms with Gasteiger partial charge in [0.05, 0.1) is 26.0 Å². The van der Waals surface area contributed by atoms with Crippen LogP contribution in [0.4, 0.5) is 17.5 Å². The van der Waals surface area contributed by atoms with Gasteiger partial charge in [-0.15, -0.1) is 5.10 Å². The number of aromatic nitrogens is 3. The van der Waals surface area contributed by atoms with Gasteiger partial charge in [0, 0.05) is 12.2 Å². The molecule has 0 aliphatic heterocycles. The average molecular weight is 379 g/mol. The second-order valence-corrected chi connectivity index (χ2v) is 5.89. The molecule has 0 amide bonds. The third-order valence-corrected chi connectivity index (χ3v) is 3.95. The van der Waals surface area contributed by atoms with E-state index < -0.39 is 5.97 Å². The smallest absolute Gasteiger partial charge is 0.337 e. The Morgan fingerprint density at radius 2 is 1.96 bits per heavy atom. The number of esters is 1. The predicted octanol–water partition coefficient (Wildman–Crippen LogP) is 3.07. The van der Waals surface area contributed by atoms with E-state index in [0.29, 0.717) is 29.6 Å². The Kier molecular flexibility index (Phi) is 6.35. The van der Waals surface area contributed by atoms with Gasteiger partial charge in [-0.05, 0) is 42.3 Å². The summed E-state index contributed by atoms with van der Waals surface area (Å²) >= 11 is 0. The maximum absolute atomic E-state index is 11.6. The predicted molar refractivity (Wildman–Crippen MR) is 106 cm³/mol. The van der Waals surface area contributed by atoms with Crippen LogP contribution in [-0.2, 0) is 11.2 Å². The van der Waals surface area contributed by atoms with Crippen LogP contribution >= 0.6 is 0 Å². The average Bonchev–Trinajstić information content (AvgIpc) is 2.74. The van der Waals surface area contributed by atoms with Crippen molar-refractivity contribution in [3.63, 3.8) is 0 Å². The molecule has 0 aliphatic carbocycles. The van der Waals surface area contributed by atoms with Crippen LogP contribution in [0.15, 0.2) is 54.7 Å². The quantitative estimate of drug-likeness (QED) is 0.576. The number of anilines is 3. The number of nitrogens with zero attached hydrogens (tertiary/aromatic N) is 3. The number of ether oxygens (including phenoxy) is 2. The Hall–Kier alpha value is -3.68. The number of carbonyl (C=O) groups excluding carboxylic acids is 1. The molecule has 0 radical (unpaired) electrons. The number of carbonyl (C=O) groups is 1. The second kappa shape index (κ2) is 9.31. The summed E-state index contributed by atoms with van der Waals surface area (Å²) in [6.07, 6.45) is 2.30. The standard InChI is InChI=1S/C20H21N5O3/c1-27-17-8-3-5-14(11-17)9-10-21-20-24-18(13-22-25-20)23-16-7-4-6-15(12-16)19(26)28-2/h3-8,11-13H,9-10H2,1-2H3,(H2,21,23,24,25). The first-order valence-corrected chi connectivity index (χ1v) is 8.70. The topological polar surface area (TPSA) is 98.3 Å². The number of benzene rings is 2. The first-order chi connectivity index (χ1) is 13.7. The van der Waals surface area contributed by atoms with E-state index >= 15 is 0 Å². The molecule has 3 aromatic rings. The second-order valence-electron chi connectivity index (χ2n) is 5.89. The summed E-state index contributed by atoms with van der Waals surface area (Å²) in [6.45, 7) is 0.649. The Bertz CT molecular complexity index is 948. The zero-order valence-electron chi connectivity index (χ0n) is 15.7. The van der Waals surface area contributed by atoms with Crippen LogP contribution in [0.5, 0.6) is 5.75 Å². The van der Waals surface area contributed by atoms with Crippen LogP contribution in [-0.4, -0.2) is 41.9 Å². The van der Waals surface area contributed by atoms with E-state index in [1.54, 1.807) is 25.3 Å². The molecule has 0 spiro atoms. The minimum Gasteiger partial charge on any atom is -0.497 e. The van der Waals surface area contributed by atoms with Gasteiger partial charge in [-0.1, -0.05) is 18.2 Å². The molecule has 0 fully saturated rings. The Morgan fingerprint density at radius 1 is 1.11 bits per heavy atom. The van der Waals surface area contributed by atoms with Crippen LogP contribution in [0.25, 0.3) is 0 Å². The van der Waals surface area contributed by atoms with Crippen molar-refractivity contribution in [3.05, 3.63) is 65.9 Å². The number of nitrogens with one attached hydrogen (secondary N) is 2. The molecule has 0 saturated carbocycles. The van der Waals surface area contributed by atoms with E-state index in [1.165, 1.54) is 13.3 Å². The summed E-state index contributed by atoms with van der Waals surface area (Å²) in [5.41, 5.74) is 2.30. The minimum atomic E-state index is -0.399. The molecule has 8 nitrogen and oxygen atoms in total. The van der Waals surface area contributed by atoms with E-state index in [4.69, 9.17) is 9.47 Å². The zero-order chi connectivity index (χ0) is 19.8. The third kappa shape index (κ3) is 5.16. The Labute approximate surface area is 162 Å². The van der Waals surface area contributed by atoms with Gasteiger partial charge in [-0.3, -0.25) is 0 Å². The maximum Gasteiger partial charge on any atom is 0.337 e. The van der Waals surface area contributed by atoms with Crippen LogP contribution in [0, 0.1) is 0 Å². The molecule has 1 heterocycles. The number of rotatable bonds is 8. The van der Waals surface area contributed by atoms with E-state index in [0.717, 1.165) is 17.7 Å². The number of hydrogen-bond donors (Lipinski definition) is 2. The molecule has 0 atom stereocenters. The molecule has 0 unspecified atom stereocenters. The first-order valence-electron chi connectivity index (χ1n) is 8.70. The summed E-state index contributed by atoms with van der Waals surface area (Å²) < 4.78 is 9.96. The lowest BCUT2D eigenvalue weighted by molar-refractivity contribution is 0.0601. The molecular formula is C20H21N5O3. The van der Waals surface area contributed by atoms with Crippen molar-refractivity contribution in [2.24, 2.45) is 0 Å². The third-order valence-electron chi connectivity index (χ3n) is 3.95. The molecule has 2 aromatic carbocycles. The fourth-order valence-corrected chi connectivity index (χ4v) is 2.57. The molecule has 3 rings (SSSR count). The molecule has 144 valence electrons. The number of hydrogen-bond acceptors (Lipinski definition) is 8. The van der Waals surface area contributed by atoms with Crippen molar-refractivity contribution >= 4 is 23.4 Å². The maximum atomic E-state index is 11.6. The van der Waals surface area contributed by atoms with Crippen molar-refractivity contribution in [1.29, 1.82) is 0 Å². The van der Waals surface area contributed by atoms with E-state index in [-0.39, 0.29) is 0 Å². The Balaban J connectivity index is 1.60. The molecule has 0 saturated heterocycles. The normalized spacial score (nSPS) is 10.2. The fourth-order valence-electron chi connectivity index (χ4n) is 2.57. The van der Waals surface area contributed by atoms with Crippen molar-refractivity contribution in [1.82, 2.24) is 15.2 Å². The van der Waals surface area contributed by atoms with Crippen molar-refractivity contribution < 1.29 is 14.3 Å². The molecule has 0 aliphatic rings. The highest BCUT2D eigenvalue weighted by Gasteiger charge is 2.07. The summed E-state index contributed by atoms with van der Waals surface area (Å²) in [4.78, 5) is 16.0. The van der Waals surface area contributed by atoms with Gasteiger partial charge in [0.25, 0.3) is 0 Å². The summed E-state index contributed by atoms with van der Waals surface area (Å²) in [5, 5.41) is 14.2. The van der Waals surface area contributed by atoms with Gasteiger partial charge >= 0.3 is 5.97 Å². The van der Waals surface area contributed by atoms with Crippen LogP contribution in [0.1, 0.15) is 15.9 Å². The van der Waals surface area contributed by atoms with Gasteiger partial charge in [0.1, 0.15) is 5.75 Å². The van der Waals surface area contributed by atoms with Crippen molar-refractivity contribution in [2.75, 3.05) is 31.4 Å². The summed E-state index contributed by atoms with van der Waals surface area (Å²) in [6, 6.07) is 14.8. The van der Waals surface area contributed by atoms with Gasteiger partial charge in [-0.2, -0.15) is 10.1 Å². The monoisotopic (exact) mass is 379 g/mol. The van der Waals surface area contributed by atoms with Gasteiger partial charge < -0.3 is 20.1 Å².